The Morgan fingerprint density at radius 2 is 1.89 bits per heavy atom. The van der Waals surface area contributed by atoms with E-state index in [9.17, 15) is 22.8 Å². The van der Waals surface area contributed by atoms with Gasteiger partial charge in [0.05, 0.1) is 0 Å². The lowest BCUT2D eigenvalue weighted by atomic mass is 9.99. The summed E-state index contributed by atoms with van der Waals surface area (Å²) in [6.07, 6.45) is -4.03. The molecule has 0 aromatic carbocycles. The van der Waals surface area contributed by atoms with Crippen LogP contribution in [0.25, 0.3) is 0 Å². The predicted molar refractivity (Wildman–Crippen MR) is 58.1 cm³/mol. The number of aliphatic carboxylic acids is 1. The molecule has 0 aliphatic heterocycles. The molecule has 0 bridgehead atoms. The molecule has 0 spiro atoms. The molecule has 0 rings (SSSR count). The molecule has 2 atom stereocenters. The number of carbonyl (C=O) groups is 2. The van der Waals surface area contributed by atoms with E-state index in [1.54, 1.807) is 13.8 Å². The molecule has 0 saturated carbocycles. The van der Waals surface area contributed by atoms with Crippen LogP contribution in [-0.4, -0.2) is 47.8 Å². The van der Waals surface area contributed by atoms with Crippen LogP contribution in [0.4, 0.5) is 18.0 Å². The minimum Gasteiger partial charge on any atom is -0.480 e. The van der Waals surface area contributed by atoms with E-state index >= 15 is 0 Å². The van der Waals surface area contributed by atoms with Gasteiger partial charge in [-0.15, -0.1) is 0 Å². The minimum atomic E-state index is -4.51. The molecule has 18 heavy (non-hydrogen) atoms. The maximum absolute atomic E-state index is 12.0. The van der Waals surface area contributed by atoms with Gasteiger partial charge in [0, 0.05) is 7.05 Å². The van der Waals surface area contributed by atoms with Gasteiger partial charge in [0.25, 0.3) is 0 Å². The quantitative estimate of drug-likeness (QED) is 0.798. The van der Waals surface area contributed by atoms with Crippen molar-refractivity contribution < 1.29 is 27.9 Å². The summed E-state index contributed by atoms with van der Waals surface area (Å²) >= 11 is 0. The first kappa shape index (κ1) is 16.5. The third-order valence-electron chi connectivity index (χ3n) is 2.52. The Morgan fingerprint density at radius 3 is 2.22 bits per heavy atom. The van der Waals surface area contributed by atoms with E-state index in [1.165, 1.54) is 0 Å². The summed E-state index contributed by atoms with van der Waals surface area (Å²) in [5, 5.41) is 11.0. The molecule has 0 aromatic rings. The highest BCUT2D eigenvalue weighted by atomic mass is 19.4. The Hall–Kier alpha value is -1.47. The van der Waals surface area contributed by atoms with Crippen molar-refractivity contribution >= 4 is 12.0 Å². The summed E-state index contributed by atoms with van der Waals surface area (Å²) in [7, 11) is 0.957. The first-order chi connectivity index (χ1) is 8.08. The van der Waals surface area contributed by atoms with Crippen molar-refractivity contribution in [3.8, 4) is 0 Å². The summed E-state index contributed by atoms with van der Waals surface area (Å²) in [6.45, 7) is 1.90. The van der Waals surface area contributed by atoms with Gasteiger partial charge >= 0.3 is 18.2 Å². The highest BCUT2D eigenvalue weighted by Gasteiger charge is 2.33. The average molecular weight is 270 g/mol. The number of hydrogen-bond donors (Lipinski definition) is 2. The summed E-state index contributed by atoms with van der Waals surface area (Å²) < 4.78 is 36.1. The number of rotatable bonds is 5. The number of carbonyl (C=O) groups excluding carboxylic acids is 1. The zero-order valence-electron chi connectivity index (χ0n) is 10.4. The molecule has 0 radical (unpaired) electrons. The van der Waals surface area contributed by atoms with E-state index in [4.69, 9.17) is 5.11 Å². The highest BCUT2D eigenvalue weighted by Crippen LogP contribution is 2.16. The van der Waals surface area contributed by atoms with E-state index in [0.717, 1.165) is 7.05 Å². The second kappa shape index (κ2) is 6.46. The van der Waals surface area contributed by atoms with Crippen molar-refractivity contribution in [1.82, 2.24) is 10.2 Å². The van der Waals surface area contributed by atoms with E-state index in [2.05, 4.69) is 5.32 Å². The topological polar surface area (TPSA) is 69.6 Å². The van der Waals surface area contributed by atoms with Crippen LogP contribution in [0.3, 0.4) is 0 Å². The standard InChI is InChI=1S/C10H17F3N2O3/c1-4-6(2)7(8(16)17)14-9(18)15(3)5-10(11,12)13/h6-7H,4-5H2,1-3H3,(H,14,18)(H,16,17)/t6?,7-/m0/s1. The van der Waals surface area contributed by atoms with E-state index in [1.807, 2.05) is 0 Å². The predicted octanol–water partition coefficient (Wildman–Crippen LogP) is 1.69. The van der Waals surface area contributed by atoms with Crippen LogP contribution in [-0.2, 0) is 4.79 Å². The third kappa shape index (κ3) is 5.74. The van der Waals surface area contributed by atoms with Crippen molar-refractivity contribution in [2.24, 2.45) is 5.92 Å². The van der Waals surface area contributed by atoms with Crippen LogP contribution in [0.15, 0.2) is 0 Å². The monoisotopic (exact) mass is 270 g/mol. The minimum absolute atomic E-state index is 0.370. The first-order valence-electron chi connectivity index (χ1n) is 5.39. The van der Waals surface area contributed by atoms with Gasteiger partial charge in [0.2, 0.25) is 0 Å². The molecular weight excluding hydrogens is 253 g/mol. The molecule has 5 nitrogen and oxygen atoms in total. The molecule has 8 heteroatoms. The second-order valence-corrected chi connectivity index (χ2v) is 4.12. The lowest BCUT2D eigenvalue weighted by molar-refractivity contribution is -0.141. The number of halogens is 3. The largest absolute Gasteiger partial charge is 0.480 e. The van der Waals surface area contributed by atoms with Crippen molar-refractivity contribution in [3.63, 3.8) is 0 Å². The Morgan fingerprint density at radius 1 is 1.39 bits per heavy atom. The molecule has 0 heterocycles. The van der Waals surface area contributed by atoms with Gasteiger partial charge in [-0.2, -0.15) is 13.2 Å². The smallest absolute Gasteiger partial charge is 0.406 e. The molecule has 0 fully saturated rings. The Balaban J connectivity index is 4.56. The summed E-state index contributed by atoms with van der Waals surface area (Å²) in [5.41, 5.74) is 0. The van der Waals surface area contributed by atoms with Gasteiger partial charge in [-0.3, -0.25) is 0 Å². The van der Waals surface area contributed by atoms with Crippen molar-refractivity contribution in [3.05, 3.63) is 0 Å². The number of urea groups is 1. The van der Waals surface area contributed by atoms with Crippen LogP contribution in [0.1, 0.15) is 20.3 Å². The van der Waals surface area contributed by atoms with Crippen LogP contribution >= 0.6 is 0 Å². The third-order valence-corrected chi connectivity index (χ3v) is 2.52. The zero-order valence-corrected chi connectivity index (χ0v) is 10.4. The van der Waals surface area contributed by atoms with E-state index < -0.39 is 30.8 Å². The highest BCUT2D eigenvalue weighted by molar-refractivity contribution is 5.82. The van der Waals surface area contributed by atoms with Crippen LogP contribution in [0.5, 0.6) is 0 Å². The maximum Gasteiger partial charge on any atom is 0.406 e. The number of nitrogens with zero attached hydrogens (tertiary/aromatic N) is 1. The molecule has 106 valence electrons. The molecule has 0 aromatic heterocycles. The molecule has 0 saturated heterocycles. The van der Waals surface area contributed by atoms with Crippen molar-refractivity contribution in [2.75, 3.05) is 13.6 Å². The fraction of sp³-hybridized carbons (Fsp3) is 0.800. The van der Waals surface area contributed by atoms with Crippen LogP contribution in [0.2, 0.25) is 0 Å². The summed E-state index contributed by atoms with van der Waals surface area (Å²) in [6, 6.07) is -2.25. The fourth-order valence-corrected chi connectivity index (χ4v) is 1.27. The number of carboxylic acid groups (broad SMARTS) is 1. The van der Waals surface area contributed by atoms with Gasteiger partial charge in [0.15, 0.2) is 0 Å². The fourth-order valence-electron chi connectivity index (χ4n) is 1.27. The maximum atomic E-state index is 12.0. The van der Waals surface area contributed by atoms with Gasteiger partial charge in [-0.05, 0) is 5.92 Å². The lowest BCUT2D eigenvalue weighted by Gasteiger charge is -2.25. The lowest BCUT2D eigenvalue weighted by Crippen LogP contribution is -2.51. The van der Waals surface area contributed by atoms with E-state index in [0.29, 0.717) is 11.3 Å². The van der Waals surface area contributed by atoms with Gasteiger partial charge < -0.3 is 15.3 Å². The molecule has 2 N–H and O–H groups in total. The number of hydrogen-bond acceptors (Lipinski definition) is 2. The number of amides is 2. The molecule has 2 amide bonds. The Labute approximate surface area is 103 Å². The number of nitrogens with one attached hydrogen (secondary N) is 1. The average Bonchev–Trinajstić information content (AvgIpc) is 2.21. The second-order valence-electron chi connectivity index (χ2n) is 4.12. The van der Waals surface area contributed by atoms with Gasteiger partial charge in [-0.1, -0.05) is 20.3 Å². The number of carboxylic acids is 1. The Bertz CT molecular complexity index is 307. The summed E-state index contributed by atoms with van der Waals surface area (Å²) in [5.74, 6) is -1.64. The first-order valence-corrected chi connectivity index (χ1v) is 5.39. The van der Waals surface area contributed by atoms with Crippen molar-refractivity contribution in [2.45, 2.75) is 32.5 Å². The molecule has 0 aliphatic rings. The van der Waals surface area contributed by atoms with Gasteiger partial charge in [0.1, 0.15) is 12.6 Å². The normalized spacial score (nSPS) is 14.8. The Kier molecular flexibility index (Phi) is 5.93. The van der Waals surface area contributed by atoms with Crippen LogP contribution < -0.4 is 5.32 Å². The van der Waals surface area contributed by atoms with E-state index in [-0.39, 0.29) is 5.92 Å². The zero-order chi connectivity index (χ0) is 14.5. The molecular formula is C10H17F3N2O3. The summed E-state index contributed by atoms with van der Waals surface area (Å²) in [4.78, 5) is 22.7. The number of alkyl halides is 3. The molecule has 1 unspecified atom stereocenters. The van der Waals surface area contributed by atoms with Gasteiger partial charge in [-0.25, -0.2) is 9.59 Å². The molecule has 0 aliphatic carbocycles. The van der Waals surface area contributed by atoms with Crippen molar-refractivity contribution in [1.29, 1.82) is 0 Å². The van der Waals surface area contributed by atoms with Crippen LogP contribution in [0, 0.1) is 5.92 Å². The SMILES string of the molecule is CCC(C)[C@H](NC(=O)N(C)CC(F)(F)F)C(=O)O.